The molecule has 0 saturated carbocycles. The fourth-order valence-corrected chi connectivity index (χ4v) is 1.60. The Kier molecular flexibility index (Phi) is 3.04. The second-order valence-electron chi connectivity index (χ2n) is 2.91. The third-order valence-corrected chi connectivity index (χ3v) is 2.58. The molecule has 0 fully saturated rings. The molecule has 16 heavy (non-hydrogen) atoms. The Balaban J connectivity index is 2.12. The number of hydrogen-bond donors (Lipinski definition) is 1. The summed E-state index contributed by atoms with van der Waals surface area (Å²) in [4.78, 5) is 7.79. The van der Waals surface area contributed by atoms with Gasteiger partial charge in [0.15, 0.2) is 17.5 Å². The van der Waals surface area contributed by atoms with Crippen LogP contribution < -0.4 is 5.32 Å². The highest BCUT2D eigenvalue weighted by atomic mass is 32.1. The van der Waals surface area contributed by atoms with E-state index in [4.69, 9.17) is 0 Å². The van der Waals surface area contributed by atoms with Gasteiger partial charge in [0.25, 0.3) is 5.95 Å². The van der Waals surface area contributed by atoms with Gasteiger partial charge in [0, 0.05) is 17.1 Å². The monoisotopic (exact) mass is 245 g/mol. The van der Waals surface area contributed by atoms with E-state index in [2.05, 4.69) is 15.3 Å². The van der Waals surface area contributed by atoms with Crippen LogP contribution in [0.5, 0.6) is 0 Å². The number of pyridine rings is 1. The maximum Gasteiger partial charge on any atom is 0.251 e. The summed E-state index contributed by atoms with van der Waals surface area (Å²) in [7, 11) is 0. The van der Waals surface area contributed by atoms with E-state index < -0.39 is 17.6 Å². The van der Waals surface area contributed by atoms with E-state index >= 15 is 0 Å². The summed E-state index contributed by atoms with van der Waals surface area (Å²) >= 11 is 1.36. The molecule has 2 rings (SSSR count). The summed E-state index contributed by atoms with van der Waals surface area (Å²) < 4.78 is 38.4. The lowest BCUT2D eigenvalue weighted by molar-refractivity contribution is 0.466. The number of rotatable bonds is 3. The van der Waals surface area contributed by atoms with Gasteiger partial charge in [-0.1, -0.05) is 0 Å². The molecular formula is C9H6F3N3S. The Bertz CT molecular complexity index is 487. The van der Waals surface area contributed by atoms with Gasteiger partial charge in [-0.05, 0) is 0 Å². The van der Waals surface area contributed by atoms with Crippen molar-refractivity contribution in [2.45, 2.75) is 6.54 Å². The summed E-state index contributed by atoms with van der Waals surface area (Å²) in [6.45, 7) is 0.264. The van der Waals surface area contributed by atoms with Crippen molar-refractivity contribution in [3.63, 3.8) is 0 Å². The molecule has 7 heteroatoms. The zero-order valence-corrected chi connectivity index (χ0v) is 8.69. The molecular weight excluding hydrogens is 239 g/mol. The molecule has 0 amide bonds. The summed E-state index contributed by atoms with van der Waals surface area (Å²) in [5.74, 6) is -3.87. The summed E-state index contributed by atoms with van der Waals surface area (Å²) in [6, 6.07) is 0.456. The second-order valence-corrected chi connectivity index (χ2v) is 3.88. The Morgan fingerprint density at radius 1 is 1.25 bits per heavy atom. The quantitative estimate of drug-likeness (QED) is 0.844. The molecule has 0 aliphatic rings. The standard InChI is InChI=1S/C9H6F3N3S/c10-6-1-7(11)9(15-8(6)12)14-3-5-2-13-4-16-5/h1-2,4H,3H2,(H,14,15). The number of nitrogens with one attached hydrogen (secondary N) is 1. The lowest BCUT2D eigenvalue weighted by atomic mass is 10.4. The van der Waals surface area contributed by atoms with Crippen LogP contribution in [-0.4, -0.2) is 9.97 Å². The van der Waals surface area contributed by atoms with Crippen LogP contribution in [0, 0.1) is 17.6 Å². The van der Waals surface area contributed by atoms with E-state index in [1.54, 1.807) is 11.7 Å². The molecule has 1 N–H and O–H groups in total. The SMILES string of the molecule is Fc1cc(F)c(NCc2cncs2)nc1F. The van der Waals surface area contributed by atoms with E-state index in [0.29, 0.717) is 6.07 Å². The first-order valence-corrected chi connectivity index (χ1v) is 5.17. The van der Waals surface area contributed by atoms with Crippen LogP contribution >= 0.6 is 11.3 Å². The van der Waals surface area contributed by atoms with E-state index in [1.165, 1.54) is 11.3 Å². The molecule has 0 spiro atoms. The van der Waals surface area contributed by atoms with Gasteiger partial charge in [0.05, 0.1) is 12.1 Å². The van der Waals surface area contributed by atoms with Crippen LogP contribution in [-0.2, 0) is 6.54 Å². The van der Waals surface area contributed by atoms with E-state index in [0.717, 1.165) is 4.88 Å². The number of nitrogens with zero attached hydrogens (tertiary/aromatic N) is 2. The molecule has 0 aromatic carbocycles. The van der Waals surface area contributed by atoms with Crippen LogP contribution in [0.3, 0.4) is 0 Å². The van der Waals surface area contributed by atoms with Crippen molar-refractivity contribution in [1.29, 1.82) is 0 Å². The van der Waals surface area contributed by atoms with Gasteiger partial charge in [-0.25, -0.2) is 8.78 Å². The fraction of sp³-hybridized carbons (Fsp3) is 0.111. The van der Waals surface area contributed by atoms with Crippen molar-refractivity contribution < 1.29 is 13.2 Å². The zero-order valence-electron chi connectivity index (χ0n) is 7.88. The minimum atomic E-state index is -1.33. The fourth-order valence-electron chi connectivity index (χ4n) is 1.07. The molecule has 2 aromatic rings. The zero-order chi connectivity index (χ0) is 11.5. The molecule has 0 atom stereocenters. The number of anilines is 1. The lowest BCUT2D eigenvalue weighted by Gasteiger charge is -2.05. The summed E-state index contributed by atoms with van der Waals surface area (Å²) in [6.07, 6.45) is 1.59. The minimum absolute atomic E-state index is 0.264. The molecule has 84 valence electrons. The molecule has 3 nitrogen and oxygen atoms in total. The number of halogens is 3. The van der Waals surface area contributed by atoms with Gasteiger partial charge in [0.2, 0.25) is 0 Å². The molecule has 0 unspecified atom stereocenters. The van der Waals surface area contributed by atoms with Gasteiger partial charge in [-0.15, -0.1) is 11.3 Å². The van der Waals surface area contributed by atoms with Crippen molar-refractivity contribution in [2.24, 2.45) is 0 Å². The first-order chi connectivity index (χ1) is 7.66. The highest BCUT2D eigenvalue weighted by Crippen LogP contribution is 2.16. The molecule has 0 bridgehead atoms. The Morgan fingerprint density at radius 3 is 2.75 bits per heavy atom. The highest BCUT2D eigenvalue weighted by Gasteiger charge is 2.11. The third kappa shape index (κ3) is 2.30. The Hall–Kier alpha value is -1.63. The number of thiazole rings is 1. The topological polar surface area (TPSA) is 37.8 Å². The minimum Gasteiger partial charge on any atom is -0.363 e. The molecule has 2 heterocycles. The second kappa shape index (κ2) is 4.48. The van der Waals surface area contributed by atoms with E-state index in [1.807, 2.05) is 0 Å². The smallest absolute Gasteiger partial charge is 0.251 e. The van der Waals surface area contributed by atoms with Crippen molar-refractivity contribution in [3.05, 3.63) is 40.2 Å². The van der Waals surface area contributed by atoms with Crippen LogP contribution in [0.1, 0.15) is 4.88 Å². The molecule has 0 saturated heterocycles. The maximum absolute atomic E-state index is 13.1. The Morgan fingerprint density at radius 2 is 2.06 bits per heavy atom. The van der Waals surface area contributed by atoms with Gasteiger partial charge in [0.1, 0.15) is 0 Å². The molecule has 0 aliphatic heterocycles. The van der Waals surface area contributed by atoms with Crippen molar-refractivity contribution in [2.75, 3.05) is 5.32 Å². The maximum atomic E-state index is 13.1. The van der Waals surface area contributed by atoms with Crippen LogP contribution in [0.25, 0.3) is 0 Å². The number of aromatic nitrogens is 2. The van der Waals surface area contributed by atoms with Gasteiger partial charge in [-0.3, -0.25) is 4.98 Å². The summed E-state index contributed by atoms with van der Waals surface area (Å²) in [5.41, 5.74) is 1.62. The first-order valence-electron chi connectivity index (χ1n) is 4.29. The van der Waals surface area contributed by atoms with Gasteiger partial charge >= 0.3 is 0 Å². The van der Waals surface area contributed by atoms with Gasteiger partial charge in [-0.2, -0.15) is 9.37 Å². The third-order valence-electron chi connectivity index (χ3n) is 1.80. The van der Waals surface area contributed by atoms with Crippen LogP contribution in [0.4, 0.5) is 19.0 Å². The Labute approximate surface area is 93.0 Å². The predicted molar refractivity (Wildman–Crippen MR) is 53.6 cm³/mol. The number of hydrogen-bond acceptors (Lipinski definition) is 4. The highest BCUT2D eigenvalue weighted by molar-refractivity contribution is 7.09. The normalized spacial score (nSPS) is 10.4. The first kappa shape index (κ1) is 10.9. The average molecular weight is 245 g/mol. The molecule has 0 aliphatic carbocycles. The molecule has 2 aromatic heterocycles. The van der Waals surface area contributed by atoms with Crippen molar-refractivity contribution >= 4 is 17.2 Å². The van der Waals surface area contributed by atoms with Gasteiger partial charge < -0.3 is 5.32 Å². The predicted octanol–water partition coefficient (Wildman–Crippen LogP) is 2.57. The van der Waals surface area contributed by atoms with Crippen LogP contribution in [0.2, 0.25) is 0 Å². The van der Waals surface area contributed by atoms with Crippen molar-refractivity contribution in [3.8, 4) is 0 Å². The lowest BCUT2D eigenvalue weighted by Crippen LogP contribution is -2.05. The summed E-state index contributed by atoms with van der Waals surface area (Å²) in [5, 5.41) is 2.56. The van der Waals surface area contributed by atoms with Crippen molar-refractivity contribution in [1.82, 2.24) is 9.97 Å². The molecule has 0 radical (unpaired) electrons. The van der Waals surface area contributed by atoms with E-state index in [9.17, 15) is 13.2 Å². The van der Waals surface area contributed by atoms with Crippen LogP contribution in [0.15, 0.2) is 17.8 Å². The largest absolute Gasteiger partial charge is 0.363 e. The average Bonchev–Trinajstić information content (AvgIpc) is 2.74. The van der Waals surface area contributed by atoms with E-state index in [-0.39, 0.29) is 12.4 Å².